The number of fused-ring (bicyclic) bond motifs is 4. The van der Waals surface area contributed by atoms with Crippen LogP contribution < -0.4 is 0 Å². The molecule has 2 heterocycles. The third-order valence-electron chi connectivity index (χ3n) is 5.41. The predicted molar refractivity (Wildman–Crippen MR) is 96.5 cm³/mol. The average Bonchev–Trinajstić information content (AvgIpc) is 3.22. The van der Waals surface area contributed by atoms with Gasteiger partial charge in [0, 0.05) is 53.9 Å². The number of hydrogen-bond acceptors (Lipinski definition) is 2. The molecule has 0 saturated carbocycles. The number of halogens is 6. The summed E-state index contributed by atoms with van der Waals surface area (Å²) in [5, 5.41) is -1.58. The topological polar surface area (TPSA) is 0 Å². The molecule has 0 unspecified atom stereocenters. The van der Waals surface area contributed by atoms with E-state index in [2.05, 4.69) is 0 Å². The third-order valence-corrected chi connectivity index (χ3v) is 7.32. The first-order valence-electron chi connectivity index (χ1n) is 8.18. The quantitative estimate of drug-likeness (QED) is 0.257. The Balaban J connectivity index is 1.86. The molecule has 0 amide bonds. The van der Waals surface area contributed by atoms with Crippen LogP contribution >= 0.6 is 22.7 Å². The lowest BCUT2D eigenvalue weighted by Gasteiger charge is -2.31. The van der Waals surface area contributed by atoms with Crippen LogP contribution in [0.1, 0.15) is 22.3 Å². The van der Waals surface area contributed by atoms with Crippen LogP contribution in [0.5, 0.6) is 0 Å². The Bertz CT molecular complexity index is 1240. The lowest BCUT2D eigenvalue weighted by Crippen LogP contribution is -2.23. The zero-order chi connectivity index (χ0) is 19.6. The number of alkyl halides is 4. The van der Waals surface area contributed by atoms with Gasteiger partial charge in [0.25, 0.3) is 0 Å². The van der Waals surface area contributed by atoms with Gasteiger partial charge < -0.3 is 0 Å². The summed E-state index contributed by atoms with van der Waals surface area (Å²) in [7, 11) is 0. The maximum Gasteiger partial charge on any atom is 0.300 e. The molecule has 0 fully saturated rings. The van der Waals surface area contributed by atoms with Gasteiger partial charge in [-0.25, -0.2) is 0 Å². The van der Waals surface area contributed by atoms with Crippen molar-refractivity contribution in [3.05, 3.63) is 68.9 Å². The monoisotopic (exact) mass is 424 g/mol. The third kappa shape index (κ3) is 1.74. The van der Waals surface area contributed by atoms with E-state index in [0.717, 1.165) is 12.1 Å². The van der Waals surface area contributed by atoms with Crippen molar-refractivity contribution in [1.82, 2.24) is 0 Å². The van der Waals surface area contributed by atoms with Crippen molar-refractivity contribution in [1.29, 1.82) is 0 Å². The maximum atomic E-state index is 15.1. The molecule has 2 aliphatic rings. The molecule has 140 valence electrons. The average molecular weight is 424 g/mol. The van der Waals surface area contributed by atoms with Crippen LogP contribution in [-0.4, -0.2) is 0 Å². The van der Waals surface area contributed by atoms with Gasteiger partial charge in [0.1, 0.15) is 0 Å². The van der Waals surface area contributed by atoms with Crippen LogP contribution in [-0.2, 0) is 11.8 Å². The van der Waals surface area contributed by atoms with Crippen LogP contribution in [0.3, 0.4) is 0 Å². The smallest absolute Gasteiger partial charge is 0.196 e. The summed E-state index contributed by atoms with van der Waals surface area (Å²) in [4.78, 5) is 0.0651. The van der Waals surface area contributed by atoms with E-state index in [9.17, 15) is 8.78 Å². The Hall–Kier alpha value is -2.32. The van der Waals surface area contributed by atoms with E-state index in [1.165, 1.54) is 24.3 Å². The second-order valence-electron chi connectivity index (χ2n) is 6.81. The van der Waals surface area contributed by atoms with Gasteiger partial charge in [-0.05, 0) is 12.1 Å². The molecule has 0 aliphatic heterocycles. The molecule has 0 atom stereocenters. The first-order chi connectivity index (χ1) is 13.2. The van der Waals surface area contributed by atoms with E-state index in [1.54, 1.807) is 0 Å². The van der Waals surface area contributed by atoms with Gasteiger partial charge in [0.05, 0.1) is 0 Å². The van der Waals surface area contributed by atoms with E-state index >= 15 is 17.6 Å². The Kier molecular flexibility index (Phi) is 2.85. The van der Waals surface area contributed by atoms with E-state index in [4.69, 9.17) is 0 Å². The lowest BCUT2D eigenvalue weighted by atomic mass is 9.78. The summed E-state index contributed by atoms with van der Waals surface area (Å²) in [6.07, 6.45) is 0. The molecule has 8 heteroatoms. The highest BCUT2D eigenvalue weighted by Crippen LogP contribution is 2.59. The fourth-order valence-electron chi connectivity index (χ4n) is 4.28. The van der Waals surface area contributed by atoms with Gasteiger partial charge in [-0.2, -0.15) is 26.3 Å². The largest absolute Gasteiger partial charge is 0.300 e. The van der Waals surface area contributed by atoms with E-state index in [1.807, 2.05) is 0 Å². The molecule has 28 heavy (non-hydrogen) atoms. The van der Waals surface area contributed by atoms with Crippen LogP contribution in [0.2, 0.25) is 0 Å². The first kappa shape index (κ1) is 16.6. The zero-order valence-electron chi connectivity index (χ0n) is 13.5. The molecule has 0 bridgehead atoms. The SMILES string of the molecule is Fc1cc2c(s1)-c1ccc3c4c(ccc(c14)C2(F)F)-c1sc(F)cc1C3(F)F. The van der Waals surface area contributed by atoms with Crippen molar-refractivity contribution in [3.63, 3.8) is 0 Å². The van der Waals surface area contributed by atoms with Crippen LogP contribution in [0.15, 0.2) is 36.4 Å². The number of benzene rings is 2. The lowest BCUT2D eigenvalue weighted by molar-refractivity contribution is 0.0423. The van der Waals surface area contributed by atoms with E-state index in [0.29, 0.717) is 33.8 Å². The summed E-state index contributed by atoms with van der Waals surface area (Å²) in [6, 6.07) is 6.60. The van der Waals surface area contributed by atoms with Crippen molar-refractivity contribution in [3.8, 4) is 20.9 Å². The van der Waals surface area contributed by atoms with E-state index in [-0.39, 0.29) is 20.5 Å². The summed E-state index contributed by atoms with van der Waals surface area (Å²) >= 11 is 1.13. The van der Waals surface area contributed by atoms with Crippen molar-refractivity contribution in [2.75, 3.05) is 0 Å². The second kappa shape index (κ2) is 4.80. The summed E-state index contributed by atoms with van der Waals surface area (Å²) < 4.78 is 88.2. The zero-order valence-corrected chi connectivity index (χ0v) is 15.2. The molecule has 4 aromatic rings. The fourth-order valence-corrected chi connectivity index (χ4v) is 6.17. The van der Waals surface area contributed by atoms with Crippen LogP contribution in [0.4, 0.5) is 26.3 Å². The molecule has 0 radical (unpaired) electrons. The normalized spacial score (nSPS) is 17.5. The molecule has 6 rings (SSSR count). The molecule has 0 saturated heterocycles. The van der Waals surface area contributed by atoms with Gasteiger partial charge in [-0.1, -0.05) is 24.3 Å². The van der Waals surface area contributed by atoms with Gasteiger partial charge in [-0.3, -0.25) is 0 Å². The molecule has 2 aliphatic carbocycles. The molecule has 0 N–H and O–H groups in total. The molecular weight excluding hydrogens is 418 g/mol. The standard InChI is InChI=1S/C20H6F6S2/c21-13-5-11-17(27-13)7-1-3-9-16-8(2-4-10(15(7)16)20(11,25)26)18-12(19(9,23)24)6-14(22)28-18/h1-6H. The van der Waals surface area contributed by atoms with Gasteiger partial charge in [0.15, 0.2) is 10.3 Å². The fraction of sp³-hybridized carbons (Fsp3) is 0.100. The molecular formula is C20H6F6S2. The first-order valence-corrected chi connectivity index (χ1v) is 9.81. The maximum absolute atomic E-state index is 15.1. The summed E-state index contributed by atoms with van der Waals surface area (Å²) in [5.74, 6) is -7.03. The summed E-state index contributed by atoms with van der Waals surface area (Å²) in [5.41, 5.74) is -1.22. The van der Waals surface area contributed by atoms with Gasteiger partial charge in [-0.15, -0.1) is 22.7 Å². The van der Waals surface area contributed by atoms with Crippen molar-refractivity contribution in [2.45, 2.75) is 11.8 Å². The highest BCUT2D eigenvalue weighted by atomic mass is 32.1. The molecule has 0 spiro atoms. The molecule has 0 nitrogen and oxygen atoms in total. The number of rotatable bonds is 0. The van der Waals surface area contributed by atoms with Crippen molar-refractivity contribution in [2.24, 2.45) is 0 Å². The minimum Gasteiger partial charge on any atom is -0.196 e. The Morgan fingerprint density at radius 1 is 0.571 bits per heavy atom. The van der Waals surface area contributed by atoms with Crippen molar-refractivity contribution >= 4 is 33.4 Å². The van der Waals surface area contributed by atoms with Crippen LogP contribution in [0.25, 0.3) is 31.7 Å². The van der Waals surface area contributed by atoms with Gasteiger partial charge in [0.2, 0.25) is 0 Å². The molecule has 2 aromatic carbocycles. The van der Waals surface area contributed by atoms with Gasteiger partial charge >= 0.3 is 11.8 Å². The number of thiophene rings is 2. The predicted octanol–water partition coefficient (Wildman–Crippen LogP) is 7.48. The molecule has 2 aromatic heterocycles. The van der Waals surface area contributed by atoms with Crippen LogP contribution in [0, 0.1) is 10.3 Å². The van der Waals surface area contributed by atoms with Crippen molar-refractivity contribution < 1.29 is 26.3 Å². The highest BCUT2D eigenvalue weighted by Gasteiger charge is 2.48. The number of hydrogen-bond donors (Lipinski definition) is 0. The Morgan fingerprint density at radius 3 is 1.36 bits per heavy atom. The van der Waals surface area contributed by atoms with E-state index < -0.39 is 44.4 Å². The Morgan fingerprint density at radius 2 is 0.964 bits per heavy atom. The second-order valence-corrected chi connectivity index (χ2v) is 8.81. The minimum atomic E-state index is -3.52. The summed E-state index contributed by atoms with van der Waals surface area (Å²) in [6.45, 7) is 0. The highest BCUT2D eigenvalue weighted by molar-refractivity contribution is 7.14. The minimum absolute atomic E-state index is 0.0199. The Labute approximate surface area is 161 Å².